The maximum Gasteiger partial charge on any atom is 0.121 e. The number of rotatable bonds is 1. The van der Waals surface area contributed by atoms with Crippen molar-refractivity contribution in [3.8, 4) is 5.75 Å². The molecule has 1 saturated heterocycles. The van der Waals surface area contributed by atoms with E-state index in [9.17, 15) is 5.11 Å². The summed E-state index contributed by atoms with van der Waals surface area (Å²) in [5.74, 6) is 0.322. The van der Waals surface area contributed by atoms with Crippen molar-refractivity contribution >= 4 is 0 Å². The second kappa shape index (κ2) is 4.77. The molecule has 1 aliphatic rings. The van der Waals surface area contributed by atoms with Gasteiger partial charge >= 0.3 is 0 Å². The number of benzene rings is 1. The van der Waals surface area contributed by atoms with Crippen LogP contribution in [-0.2, 0) is 10.2 Å². The summed E-state index contributed by atoms with van der Waals surface area (Å²) in [6, 6.07) is 5.83. The van der Waals surface area contributed by atoms with Crippen LogP contribution in [0, 0.1) is 0 Å². The van der Waals surface area contributed by atoms with Crippen molar-refractivity contribution in [1.82, 2.24) is 0 Å². The minimum Gasteiger partial charge on any atom is -0.508 e. The van der Waals surface area contributed by atoms with E-state index >= 15 is 0 Å². The molecule has 0 bridgehead atoms. The Kier molecular flexibility index (Phi) is 3.49. The molecule has 0 spiro atoms. The summed E-state index contributed by atoms with van der Waals surface area (Å²) in [7, 11) is 0. The highest BCUT2D eigenvalue weighted by Gasteiger charge is 2.23. The molecule has 2 nitrogen and oxygen atoms in total. The van der Waals surface area contributed by atoms with E-state index in [1.54, 1.807) is 6.07 Å². The third-order valence-electron chi connectivity index (χ3n) is 3.49. The van der Waals surface area contributed by atoms with Crippen molar-refractivity contribution in [1.29, 1.82) is 0 Å². The molecule has 1 heterocycles. The Bertz CT molecular complexity index is 455. The van der Waals surface area contributed by atoms with Gasteiger partial charge in [0.05, 0.1) is 12.7 Å². The highest BCUT2D eigenvalue weighted by Crippen LogP contribution is 2.37. The van der Waals surface area contributed by atoms with Gasteiger partial charge in [0.25, 0.3) is 0 Å². The van der Waals surface area contributed by atoms with Crippen molar-refractivity contribution in [2.45, 2.75) is 45.1 Å². The molecule has 1 aromatic carbocycles. The van der Waals surface area contributed by atoms with E-state index in [0.29, 0.717) is 12.4 Å². The van der Waals surface area contributed by atoms with Gasteiger partial charge in [0.1, 0.15) is 5.75 Å². The molecule has 2 rings (SSSR count). The van der Waals surface area contributed by atoms with Crippen molar-refractivity contribution in [3.05, 3.63) is 41.5 Å². The first-order chi connectivity index (χ1) is 8.38. The molecule has 0 amide bonds. The standard InChI is InChI=1S/C16H22O2/c1-11-7-8-18-15(9-11)13-10-12(16(2,3)4)5-6-14(13)17/h5-6,10,15,17H,1,7-9H2,2-4H3. The summed E-state index contributed by atoms with van der Waals surface area (Å²) in [6.07, 6.45) is 1.69. The van der Waals surface area contributed by atoms with Crippen LogP contribution in [0.4, 0.5) is 0 Å². The van der Waals surface area contributed by atoms with Crippen LogP contribution < -0.4 is 0 Å². The zero-order chi connectivity index (χ0) is 13.3. The lowest BCUT2D eigenvalue weighted by Gasteiger charge is -2.27. The second-order valence-electron chi connectivity index (χ2n) is 6.09. The molecule has 1 aliphatic heterocycles. The van der Waals surface area contributed by atoms with E-state index in [4.69, 9.17) is 4.74 Å². The molecule has 98 valence electrons. The van der Waals surface area contributed by atoms with Gasteiger partial charge in [-0.25, -0.2) is 0 Å². The highest BCUT2D eigenvalue weighted by atomic mass is 16.5. The van der Waals surface area contributed by atoms with Crippen molar-refractivity contribution in [2.24, 2.45) is 0 Å². The Morgan fingerprint density at radius 1 is 1.33 bits per heavy atom. The summed E-state index contributed by atoms with van der Waals surface area (Å²) in [4.78, 5) is 0. The van der Waals surface area contributed by atoms with Crippen molar-refractivity contribution < 1.29 is 9.84 Å². The van der Waals surface area contributed by atoms with Crippen LogP contribution >= 0.6 is 0 Å². The Labute approximate surface area is 109 Å². The minimum atomic E-state index is -0.0476. The Morgan fingerprint density at radius 2 is 2.06 bits per heavy atom. The van der Waals surface area contributed by atoms with E-state index in [-0.39, 0.29) is 11.5 Å². The molecule has 18 heavy (non-hydrogen) atoms. The van der Waals surface area contributed by atoms with E-state index in [1.165, 1.54) is 11.1 Å². The van der Waals surface area contributed by atoms with E-state index in [2.05, 4.69) is 33.4 Å². The number of hydrogen-bond acceptors (Lipinski definition) is 2. The van der Waals surface area contributed by atoms with Crippen LogP contribution in [0.5, 0.6) is 5.75 Å². The SMILES string of the molecule is C=C1CCOC(c2cc(C(C)(C)C)ccc2O)C1. The van der Waals surface area contributed by atoms with Crippen LogP contribution in [0.25, 0.3) is 0 Å². The largest absolute Gasteiger partial charge is 0.508 e. The average molecular weight is 246 g/mol. The molecule has 1 N–H and O–H groups in total. The van der Waals surface area contributed by atoms with E-state index < -0.39 is 0 Å². The molecular weight excluding hydrogens is 224 g/mol. The fourth-order valence-corrected chi connectivity index (χ4v) is 2.25. The molecule has 1 atom stereocenters. The zero-order valence-corrected chi connectivity index (χ0v) is 11.5. The van der Waals surface area contributed by atoms with Gasteiger partial charge in [0.15, 0.2) is 0 Å². The summed E-state index contributed by atoms with van der Waals surface area (Å²) < 4.78 is 5.76. The highest BCUT2D eigenvalue weighted by molar-refractivity contribution is 5.40. The van der Waals surface area contributed by atoms with Gasteiger partial charge in [-0.3, -0.25) is 0 Å². The lowest BCUT2D eigenvalue weighted by atomic mass is 9.84. The van der Waals surface area contributed by atoms with Crippen LogP contribution in [-0.4, -0.2) is 11.7 Å². The third-order valence-corrected chi connectivity index (χ3v) is 3.49. The third kappa shape index (κ3) is 2.75. The number of aromatic hydroxyl groups is 1. The van der Waals surface area contributed by atoms with Gasteiger partial charge in [-0.15, -0.1) is 0 Å². The van der Waals surface area contributed by atoms with Crippen LogP contribution in [0.3, 0.4) is 0 Å². The van der Waals surface area contributed by atoms with Crippen molar-refractivity contribution in [3.63, 3.8) is 0 Å². The fraction of sp³-hybridized carbons (Fsp3) is 0.500. The predicted octanol–water partition coefficient (Wildman–Crippen LogP) is 4.10. The first-order valence-corrected chi connectivity index (χ1v) is 6.49. The Balaban J connectivity index is 2.34. The maximum absolute atomic E-state index is 10.0. The van der Waals surface area contributed by atoms with Gasteiger partial charge in [-0.05, 0) is 36.0 Å². The maximum atomic E-state index is 10.0. The molecule has 1 fully saturated rings. The molecule has 1 aromatic rings. The molecule has 0 aliphatic carbocycles. The summed E-state index contributed by atoms with van der Waals surface area (Å²) >= 11 is 0. The molecule has 1 unspecified atom stereocenters. The summed E-state index contributed by atoms with van der Waals surface area (Å²) in [6.45, 7) is 11.2. The first kappa shape index (κ1) is 13.2. The fourth-order valence-electron chi connectivity index (χ4n) is 2.25. The van der Waals surface area contributed by atoms with Gasteiger partial charge in [0, 0.05) is 5.56 Å². The van der Waals surface area contributed by atoms with Crippen LogP contribution in [0.1, 0.15) is 50.8 Å². The molecular formula is C16H22O2. The van der Waals surface area contributed by atoms with E-state index in [0.717, 1.165) is 18.4 Å². The minimum absolute atomic E-state index is 0.0476. The van der Waals surface area contributed by atoms with Crippen molar-refractivity contribution in [2.75, 3.05) is 6.61 Å². The Morgan fingerprint density at radius 3 is 2.67 bits per heavy atom. The van der Waals surface area contributed by atoms with Gasteiger partial charge in [-0.1, -0.05) is 39.0 Å². The number of phenols is 1. The normalized spacial score (nSPS) is 21.1. The number of phenolic OH excluding ortho intramolecular Hbond substituents is 1. The lowest BCUT2D eigenvalue weighted by Crippen LogP contribution is -2.16. The molecule has 0 aromatic heterocycles. The van der Waals surface area contributed by atoms with E-state index in [1.807, 2.05) is 6.07 Å². The monoisotopic (exact) mass is 246 g/mol. The smallest absolute Gasteiger partial charge is 0.121 e. The lowest BCUT2D eigenvalue weighted by molar-refractivity contribution is 0.0337. The topological polar surface area (TPSA) is 29.5 Å². The second-order valence-corrected chi connectivity index (χ2v) is 6.09. The zero-order valence-electron chi connectivity index (χ0n) is 11.5. The molecule has 0 radical (unpaired) electrons. The van der Waals surface area contributed by atoms with Crippen LogP contribution in [0.2, 0.25) is 0 Å². The number of ether oxygens (including phenoxy) is 1. The molecule has 2 heteroatoms. The average Bonchev–Trinajstić information content (AvgIpc) is 2.28. The summed E-state index contributed by atoms with van der Waals surface area (Å²) in [5.41, 5.74) is 3.39. The summed E-state index contributed by atoms with van der Waals surface area (Å²) in [5, 5.41) is 10.0. The van der Waals surface area contributed by atoms with Gasteiger partial charge in [0.2, 0.25) is 0 Å². The quantitative estimate of drug-likeness (QED) is 0.756. The predicted molar refractivity (Wildman–Crippen MR) is 73.9 cm³/mol. The number of hydrogen-bond donors (Lipinski definition) is 1. The van der Waals surface area contributed by atoms with Gasteiger partial charge < -0.3 is 9.84 Å². The molecule has 0 saturated carbocycles. The first-order valence-electron chi connectivity index (χ1n) is 6.49. The van der Waals surface area contributed by atoms with Crippen LogP contribution in [0.15, 0.2) is 30.4 Å². The van der Waals surface area contributed by atoms with Gasteiger partial charge in [-0.2, -0.15) is 0 Å². The Hall–Kier alpha value is -1.28.